The van der Waals surface area contributed by atoms with Crippen LogP contribution in [0.4, 0.5) is 5.69 Å². The molecule has 1 N–H and O–H groups in total. The minimum Gasteiger partial charge on any atom is -0.379 e. The molecule has 2 aliphatic heterocycles. The summed E-state index contributed by atoms with van der Waals surface area (Å²) in [5.41, 5.74) is 3.63. The van der Waals surface area contributed by atoms with E-state index in [1.165, 1.54) is 27.7 Å². The number of nitrogens with zero attached hydrogens (tertiary/aromatic N) is 2. The maximum atomic E-state index is 13.2. The fourth-order valence-corrected chi connectivity index (χ4v) is 5.32. The summed E-state index contributed by atoms with van der Waals surface area (Å²) in [6.07, 6.45) is 3.24. The number of carbonyl (C=O) groups is 1. The number of sulfonamides is 1. The molecule has 0 saturated carbocycles. The van der Waals surface area contributed by atoms with Gasteiger partial charge in [0.25, 0.3) is 5.91 Å². The first-order valence-electron chi connectivity index (χ1n) is 10.1. The molecular weight excluding hydrogens is 390 g/mol. The van der Waals surface area contributed by atoms with Crippen molar-refractivity contribution in [3.63, 3.8) is 0 Å². The molecule has 1 amide bonds. The summed E-state index contributed by atoms with van der Waals surface area (Å²) in [6.45, 7) is 6.36. The molecule has 156 valence electrons. The predicted molar refractivity (Wildman–Crippen MR) is 111 cm³/mol. The van der Waals surface area contributed by atoms with E-state index in [0.717, 1.165) is 18.5 Å². The summed E-state index contributed by atoms with van der Waals surface area (Å²) in [5.74, 6) is 0.231. The first-order chi connectivity index (χ1) is 13.9. The van der Waals surface area contributed by atoms with Crippen LogP contribution in [0.2, 0.25) is 0 Å². The molecule has 2 aliphatic rings. The topological polar surface area (TPSA) is 82.7 Å². The van der Waals surface area contributed by atoms with Crippen molar-refractivity contribution < 1.29 is 17.9 Å². The van der Waals surface area contributed by atoms with Gasteiger partial charge in [0.1, 0.15) is 10.6 Å². The van der Waals surface area contributed by atoms with Gasteiger partial charge >= 0.3 is 0 Å². The molecule has 29 heavy (non-hydrogen) atoms. The normalized spacial score (nSPS) is 18.1. The third-order valence-electron chi connectivity index (χ3n) is 5.63. The molecule has 0 aliphatic carbocycles. The van der Waals surface area contributed by atoms with Crippen LogP contribution in [-0.4, -0.2) is 56.5 Å². The average Bonchev–Trinajstić information content (AvgIpc) is 3.24. The number of amides is 1. The number of rotatable bonds is 4. The highest BCUT2D eigenvalue weighted by molar-refractivity contribution is 7.89. The van der Waals surface area contributed by atoms with Crippen molar-refractivity contribution in [2.24, 2.45) is 0 Å². The lowest BCUT2D eigenvalue weighted by atomic mass is 9.94. The quantitative estimate of drug-likeness (QED) is 0.829. The van der Waals surface area contributed by atoms with Gasteiger partial charge in [-0.3, -0.25) is 4.79 Å². The Bertz CT molecular complexity index is 1010. The number of hydrogen-bond acceptors (Lipinski definition) is 4. The SMILES string of the molecule is CC(C)c1ccc2c(c1)CCCN2C(=O)c1cc(S(=O)(=O)N2CCOCC2)c[nH]1. The number of anilines is 1. The van der Waals surface area contributed by atoms with Gasteiger partial charge in [0.05, 0.1) is 13.2 Å². The zero-order valence-electron chi connectivity index (χ0n) is 16.8. The summed E-state index contributed by atoms with van der Waals surface area (Å²) in [4.78, 5) is 17.9. The Morgan fingerprint density at radius 3 is 2.62 bits per heavy atom. The lowest BCUT2D eigenvalue weighted by molar-refractivity contribution is 0.0730. The number of H-pyrrole nitrogens is 1. The second kappa shape index (κ2) is 7.93. The van der Waals surface area contributed by atoms with Gasteiger partial charge < -0.3 is 14.6 Å². The van der Waals surface area contributed by atoms with E-state index < -0.39 is 10.0 Å². The fourth-order valence-electron chi connectivity index (χ4n) is 3.92. The standard InChI is InChI=1S/C21H27N3O4S/c1-15(2)16-5-6-20-17(12-16)4-3-7-24(20)21(25)19-13-18(14-22-19)29(26,27)23-8-10-28-11-9-23/h5-6,12-15,22H,3-4,7-11H2,1-2H3. The highest BCUT2D eigenvalue weighted by Crippen LogP contribution is 2.31. The van der Waals surface area contributed by atoms with E-state index in [-0.39, 0.29) is 16.5 Å². The Morgan fingerprint density at radius 2 is 1.90 bits per heavy atom. The number of aryl methyl sites for hydroxylation is 1. The molecule has 0 spiro atoms. The summed E-state index contributed by atoms with van der Waals surface area (Å²) in [7, 11) is -3.63. The smallest absolute Gasteiger partial charge is 0.274 e. The number of aromatic amines is 1. The summed E-state index contributed by atoms with van der Waals surface area (Å²) < 4.78 is 32.3. The van der Waals surface area contributed by atoms with E-state index in [9.17, 15) is 13.2 Å². The highest BCUT2D eigenvalue weighted by atomic mass is 32.2. The third kappa shape index (κ3) is 3.84. The van der Waals surface area contributed by atoms with Crippen LogP contribution in [0.5, 0.6) is 0 Å². The predicted octanol–water partition coefficient (Wildman–Crippen LogP) is 2.75. The van der Waals surface area contributed by atoms with E-state index in [0.29, 0.717) is 38.8 Å². The molecule has 3 heterocycles. The monoisotopic (exact) mass is 417 g/mol. The number of aromatic nitrogens is 1. The van der Waals surface area contributed by atoms with Gasteiger partial charge in [-0.1, -0.05) is 26.0 Å². The Hall–Kier alpha value is -2.16. The van der Waals surface area contributed by atoms with E-state index in [2.05, 4.69) is 31.0 Å². The molecular formula is C21H27N3O4S. The van der Waals surface area contributed by atoms with Gasteiger partial charge in [-0.2, -0.15) is 4.31 Å². The van der Waals surface area contributed by atoms with Gasteiger partial charge in [0.15, 0.2) is 0 Å². The molecule has 1 fully saturated rings. The Kier molecular flexibility index (Phi) is 5.50. The summed E-state index contributed by atoms with van der Waals surface area (Å²) in [6, 6.07) is 7.71. The molecule has 1 aromatic heterocycles. The number of fused-ring (bicyclic) bond motifs is 1. The van der Waals surface area contributed by atoms with Gasteiger partial charge in [0.2, 0.25) is 10.0 Å². The van der Waals surface area contributed by atoms with Crippen LogP contribution in [0.1, 0.15) is 47.8 Å². The van der Waals surface area contributed by atoms with Crippen molar-refractivity contribution in [3.8, 4) is 0 Å². The number of morpholine rings is 1. The first-order valence-corrected chi connectivity index (χ1v) is 11.5. The van der Waals surface area contributed by atoms with Crippen molar-refractivity contribution in [2.75, 3.05) is 37.7 Å². The minimum atomic E-state index is -3.63. The lowest BCUT2D eigenvalue weighted by Crippen LogP contribution is -2.40. The van der Waals surface area contributed by atoms with Crippen molar-refractivity contribution >= 4 is 21.6 Å². The van der Waals surface area contributed by atoms with Crippen LogP contribution in [0.15, 0.2) is 35.4 Å². The van der Waals surface area contributed by atoms with E-state index in [1.807, 2.05) is 6.07 Å². The molecule has 0 bridgehead atoms. The zero-order valence-corrected chi connectivity index (χ0v) is 17.7. The van der Waals surface area contributed by atoms with E-state index in [1.54, 1.807) is 4.90 Å². The molecule has 0 atom stereocenters. The number of benzene rings is 1. The van der Waals surface area contributed by atoms with Gasteiger partial charge in [-0.05, 0) is 42.0 Å². The Labute approximate surface area is 171 Å². The minimum absolute atomic E-state index is 0.120. The van der Waals surface area contributed by atoms with Crippen LogP contribution in [0, 0.1) is 0 Å². The molecule has 7 nitrogen and oxygen atoms in total. The summed E-state index contributed by atoms with van der Waals surface area (Å²) >= 11 is 0. The second-order valence-electron chi connectivity index (χ2n) is 7.87. The number of carbonyl (C=O) groups excluding carboxylic acids is 1. The molecule has 0 unspecified atom stereocenters. The van der Waals surface area contributed by atoms with Crippen molar-refractivity contribution in [1.82, 2.24) is 9.29 Å². The lowest BCUT2D eigenvalue weighted by Gasteiger charge is -2.30. The van der Waals surface area contributed by atoms with E-state index >= 15 is 0 Å². The molecule has 0 radical (unpaired) electrons. The van der Waals surface area contributed by atoms with Crippen molar-refractivity contribution in [3.05, 3.63) is 47.3 Å². The van der Waals surface area contributed by atoms with Crippen LogP contribution in [-0.2, 0) is 21.2 Å². The van der Waals surface area contributed by atoms with E-state index in [4.69, 9.17) is 4.74 Å². The van der Waals surface area contributed by atoms with Crippen molar-refractivity contribution in [1.29, 1.82) is 0 Å². The molecule has 4 rings (SSSR count). The highest BCUT2D eigenvalue weighted by Gasteiger charge is 2.30. The molecule has 8 heteroatoms. The van der Waals surface area contributed by atoms with Crippen LogP contribution < -0.4 is 4.90 Å². The number of ether oxygens (including phenoxy) is 1. The van der Waals surface area contributed by atoms with Crippen LogP contribution in [0.3, 0.4) is 0 Å². The van der Waals surface area contributed by atoms with Gasteiger partial charge in [-0.15, -0.1) is 0 Å². The molecule has 1 aromatic carbocycles. The van der Waals surface area contributed by atoms with Crippen molar-refractivity contribution in [2.45, 2.75) is 37.5 Å². The van der Waals surface area contributed by atoms with Gasteiger partial charge in [-0.25, -0.2) is 8.42 Å². The van der Waals surface area contributed by atoms with Crippen LogP contribution in [0.25, 0.3) is 0 Å². The second-order valence-corrected chi connectivity index (χ2v) is 9.81. The summed E-state index contributed by atoms with van der Waals surface area (Å²) in [5, 5.41) is 0. The van der Waals surface area contributed by atoms with Crippen LogP contribution >= 0.6 is 0 Å². The third-order valence-corrected chi connectivity index (χ3v) is 7.51. The maximum Gasteiger partial charge on any atom is 0.274 e. The fraction of sp³-hybridized carbons (Fsp3) is 0.476. The molecule has 2 aromatic rings. The largest absolute Gasteiger partial charge is 0.379 e. The zero-order chi connectivity index (χ0) is 20.6. The Balaban J connectivity index is 1.59. The maximum absolute atomic E-state index is 13.2. The van der Waals surface area contributed by atoms with Gasteiger partial charge in [0, 0.05) is 31.5 Å². The Morgan fingerprint density at radius 1 is 1.14 bits per heavy atom. The molecule has 1 saturated heterocycles. The number of nitrogens with one attached hydrogen (secondary N) is 1. The average molecular weight is 418 g/mol. The first kappa shape index (κ1) is 20.1. The number of hydrogen-bond donors (Lipinski definition) is 1.